The van der Waals surface area contributed by atoms with Crippen molar-refractivity contribution in [1.29, 1.82) is 0 Å². The first-order valence-corrected chi connectivity index (χ1v) is 7.64. The Bertz CT molecular complexity index is 368. The van der Waals surface area contributed by atoms with E-state index < -0.39 is 5.60 Å². The average Bonchev–Trinajstić information content (AvgIpc) is 2.44. The summed E-state index contributed by atoms with van der Waals surface area (Å²) in [5.74, 6) is 0.774. The summed E-state index contributed by atoms with van der Waals surface area (Å²) >= 11 is 0. The molecule has 106 valence electrons. The van der Waals surface area contributed by atoms with Crippen LogP contribution in [0.2, 0.25) is 0 Å². The summed E-state index contributed by atoms with van der Waals surface area (Å²) in [6.45, 7) is 5.19. The number of nitrogens with one attached hydrogen (secondary N) is 1. The molecule has 1 aromatic carbocycles. The van der Waals surface area contributed by atoms with E-state index in [2.05, 4.69) is 43.4 Å². The van der Waals surface area contributed by atoms with Crippen molar-refractivity contribution in [2.75, 3.05) is 6.54 Å². The summed E-state index contributed by atoms with van der Waals surface area (Å²) in [6, 6.07) is 10.9. The third-order valence-corrected chi connectivity index (χ3v) is 4.49. The Kier molecular flexibility index (Phi) is 5.00. The normalized spacial score (nSPS) is 29.1. The highest BCUT2D eigenvalue weighted by Gasteiger charge is 2.31. The van der Waals surface area contributed by atoms with E-state index in [1.54, 1.807) is 0 Å². The predicted molar refractivity (Wildman–Crippen MR) is 80.1 cm³/mol. The maximum atomic E-state index is 10.6. The molecule has 1 aliphatic rings. The second-order valence-electron chi connectivity index (χ2n) is 6.16. The van der Waals surface area contributed by atoms with Crippen LogP contribution in [0.25, 0.3) is 0 Å². The summed E-state index contributed by atoms with van der Waals surface area (Å²) in [5.41, 5.74) is 0.826. The number of hydrogen-bond acceptors (Lipinski definition) is 2. The molecule has 2 nitrogen and oxygen atoms in total. The third kappa shape index (κ3) is 4.05. The van der Waals surface area contributed by atoms with E-state index in [-0.39, 0.29) is 0 Å². The van der Waals surface area contributed by atoms with Crippen molar-refractivity contribution in [2.45, 2.75) is 57.6 Å². The Morgan fingerprint density at radius 2 is 1.89 bits per heavy atom. The number of rotatable bonds is 5. The summed E-state index contributed by atoms with van der Waals surface area (Å²) in [4.78, 5) is 0. The van der Waals surface area contributed by atoms with Gasteiger partial charge in [-0.15, -0.1) is 0 Å². The maximum absolute atomic E-state index is 10.6. The van der Waals surface area contributed by atoms with Crippen LogP contribution in [0.3, 0.4) is 0 Å². The Morgan fingerprint density at radius 1 is 1.26 bits per heavy atom. The third-order valence-electron chi connectivity index (χ3n) is 4.49. The molecule has 2 rings (SSSR count). The molecule has 1 saturated carbocycles. The van der Waals surface area contributed by atoms with Gasteiger partial charge in [0.15, 0.2) is 0 Å². The largest absolute Gasteiger partial charge is 0.389 e. The lowest BCUT2D eigenvalue weighted by atomic mass is 9.79. The number of benzene rings is 1. The minimum absolute atomic E-state index is 0.351. The fourth-order valence-electron chi connectivity index (χ4n) is 2.97. The highest BCUT2D eigenvalue weighted by atomic mass is 16.3. The molecular formula is C17H27NO. The standard InChI is InChI=1S/C17H27NO/c1-3-16(15-7-5-4-6-8-15)18-13-17(19)11-9-14(2)10-12-17/h4-8,14,16,18-19H,3,9-13H2,1-2H3. The molecule has 0 aliphatic heterocycles. The van der Waals surface area contributed by atoms with E-state index in [0.717, 1.165) is 38.0 Å². The molecule has 0 amide bonds. The van der Waals surface area contributed by atoms with Gasteiger partial charge in [0.05, 0.1) is 5.60 Å². The van der Waals surface area contributed by atoms with Crippen LogP contribution >= 0.6 is 0 Å². The highest BCUT2D eigenvalue weighted by molar-refractivity contribution is 5.18. The number of hydrogen-bond donors (Lipinski definition) is 2. The molecule has 1 aromatic rings. The van der Waals surface area contributed by atoms with E-state index >= 15 is 0 Å². The average molecular weight is 261 g/mol. The van der Waals surface area contributed by atoms with Crippen molar-refractivity contribution in [3.63, 3.8) is 0 Å². The Labute approximate surface area is 117 Å². The van der Waals surface area contributed by atoms with E-state index in [9.17, 15) is 5.11 Å². The monoisotopic (exact) mass is 261 g/mol. The van der Waals surface area contributed by atoms with Crippen molar-refractivity contribution in [3.05, 3.63) is 35.9 Å². The van der Waals surface area contributed by atoms with Crippen LogP contribution in [0.1, 0.15) is 57.6 Å². The molecule has 0 bridgehead atoms. The molecule has 0 radical (unpaired) electrons. The lowest BCUT2D eigenvalue weighted by Gasteiger charge is -2.36. The van der Waals surface area contributed by atoms with Crippen LogP contribution in [0.15, 0.2) is 30.3 Å². The van der Waals surface area contributed by atoms with Crippen LogP contribution in [-0.2, 0) is 0 Å². The van der Waals surface area contributed by atoms with Gasteiger partial charge in [0.25, 0.3) is 0 Å². The van der Waals surface area contributed by atoms with Crippen LogP contribution in [0.5, 0.6) is 0 Å². The molecule has 2 N–H and O–H groups in total. The van der Waals surface area contributed by atoms with Gasteiger partial charge in [-0.2, -0.15) is 0 Å². The van der Waals surface area contributed by atoms with Gasteiger partial charge in [-0.1, -0.05) is 44.2 Å². The number of aliphatic hydroxyl groups is 1. The molecule has 0 aromatic heterocycles. The fraction of sp³-hybridized carbons (Fsp3) is 0.647. The van der Waals surface area contributed by atoms with Crippen LogP contribution in [0.4, 0.5) is 0 Å². The van der Waals surface area contributed by atoms with Crippen molar-refractivity contribution >= 4 is 0 Å². The summed E-state index contributed by atoms with van der Waals surface area (Å²) in [7, 11) is 0. The zero-order chi connectivity index (χ0) is 13.7. The Hall–Kier alpha value is -0.860. The van der Waals surface area contributed by atoms with Gasteiger partial charge in [0, 0.05) is 12.6 Å². The van der Waals surface area contributed by atoms with E-state index in [4.69, 9.17) is 0 Å². The topological polar surface area (TPSA) is 32.3 Å². The molecular weight excluding hydrogens is 234 g/mol. The van der Waals surface area contributed by atoms with Crippen LogP contribution in [0, 0.1) is 5.92 Å². The summed E-state index contributed by atoms with van der Waals surface area (Å²) < 4.78 is 0. The predicted octanol–water partition coefficient (Wildman–Crippen LogP) is 3.67. The Balaban J connectivity index is 1.90. The lowest BCUT2D eigenvalue weighted by Crippen LogP contribution is -2.44. The summed E-state index contributed by atoms with van der Waals surface area (Å²) in [6.07, 6.45) is 5.23. The second-order valence-corrected chi connectivity index (χ2v) is 6.16. The quantitative estimate of drug-likeness (QED) is 0.847. The molecule has 1 unspecified atom stereocenters. The van der Waals surface area contributed by atoms with Crippen molar-refractivity contribution < 1.29 is 5.11 Å². The van der Waals surface area contributed by atoms with Gasteiger partial charge in [-0.25, -0.2) is 0 Å². The van der Waals surface area contributed by atoms with Crippen molar-refractivity contribution in [3.8, 4) is 0 Å². The maximum Gasteiger partial charge on any atom is 0.0772 e. The van der Waals surface area contributed by atoms with Gasteiger partial charge >= 0.3 is 0 Å². The first-order valence-electron chi connectivity index (χ1n) is 7.64. The molecule has 0 saturated heterocycles. The zero-order valence-corrected chi connectivity index (χ0v) is 12.2. The van der Waals surface area contributed by atoms with Gasteiger partial charge in [0.1, 0.15) is 0 Å². The van der Waals surface area contributed by atoms with Gasteiger partial charge in [0.2, 0.25) is 0 Å². The van der Waals surface area contributed by atoms with Gasteiger partial charge in [-0.3, -0.25) is 0 Å². The smallest absolute Gasteiger partial charge is 0.0772 e. The summed E-state index contributed by atoms with van der Waals surface area (Å²) in [5, 5.41) is 14.2. The lowest BCUT2D eigenvalue weighted by molar-refractivity contribution is -0.00830. The van der Waals surface area contributed by atoms with Crippen LogP contribution < -0.4 is 5.32 Å². The first-order chi connectivity index (χ1) is 9.13. The molecule has 0 heterocycles. The second kappa shape index (κ2) is 6.53. The minimum Gasteiger partial charge on any atom is -0.389 e. The Morgan fingerprint density at radius 3 is 2.47 bits per heavy atom. The van der Waals surface area contributed by atoms with Gasteiger partial charge < -0.3 is 10.4 Å². The van der Waals surface area contributed by atoms with E-state index in [1.807, 2.05) is 6.07 Å². The molecule has 1 atom stereocenters. The highest BCUT2D eigenvalue weighted by Crippen LogP contribution is 2.32. The van der Waals surface area contributed by atoms with Crippen molar-refractivity contribution in [2.24, 2.45) is 5.92 Å². The molecule has 2 heteroatoms. The van der Waals surface area contributed by atoms with E-state index in [0.29, 0.717) is 12.6 Å². The van der Waals surface area contributed by atoms with E-state index in [1.165, 1.54) is 5.56 Å². The molecule has 19 heavy (non-hydrogen) atoms. The molecule has 1 fully saturated rings. The van der Waals surface area contributed by atoms with Gasteiger partial charge in [-0.05, 0) is 43.6 Å². The SMILES string of the molecule is CCC(NCC1(O)CCC(C)CC1)c1ccccc1. The zero-order valence-electron chi connectivity index (χ0n) is 12.2. The molecule has 0 spiro atoms. The minimum atomic E-state index is -0.491. The van der Waals surface area contributed by atoms with Crippen molar-refractivity contribution in [1.82, 2.24) is 5.32 Å². The molecule has 1 aliphatic carbocycles. The fourth-order valence-corrected chi connectivity index (χ4v) is 2.97. The first kappa shape index (κ1) is 14.5. The van der Waals surface area contributed by atoms with Crippen LogP contribution in [-0.4, -0.2) is 17.3 Å².